The first-order valence-corrected chi connectivity index (χ1v) is 6.95. The molecule has 0 aliphatic carbocycles. The average Bonchev–Trinajstić information content (AvgIpc) is 2.27. The molecular formula is C11H14F3NO3S. The predicted octanol–water partition coefficient (Wildman–Crippen LogP) is 1.75. The Morgan fingerprint density at radius 1 is 1.37 bits per heavy atom. The van der Waals surface area contributed by atoms with Crippen LogP contribution in [0.25, 0.3) is 0 Å². The van der Waals surface area contributed by atoms with Gasteiger partial charge in [-0.15, -0.1) is 0 Å². The normalized spacial score (nSPS) is 14.4. The molecule has 108 valence electrons. The molecule has 1 unspecified atom stereocenters. The number of benzene rings is 1. The van der Waals surface area contributed by atoms with Gasteiger partial charge in [-0.2, -0.15) is 13.2 Å². The third-order valence-electron chi connectivity index (χ3n) is 2.39. The Bertz CT molecular complexity index is 528. The zero-order valence-electron chi connectivity index (χ0n) is 10.1. The third kappa shape index (κ3) is 4.48. The summed E-state index contributed by atoms with van der Waals surface area (Å²) in [6.45, 7) is 1.30. The van der Waals surface area contributed by atoms with Gasteiger partial charge in [-0.25, -0.2) is 13.1 Å². The van der Waals surface area contributed by atoms with Gasteiger partial charge in [0.25, 0.3) is 0 Å². The number of nitrogens with one attached hydrogen (secondary N) is 1. The van der Waals surface area contributed by atoms with E-state index in [9.17, 15) is 21.6 Å². The number of aliphatic hydroxyl groups is 1. The van der Waals surface area contributed by atoms with Crippen molar-refractivity contribution < 1.29 is 26.7 Å². The first kappa shape index (κ1) is 15.9. The summed E-state index contributed by atoms with van der Waals surface area (Å²) in [6, 6.07) is 2.94. The number of hydrogen-bond acceptors (Lipinski definition) is 3. The Morgan fingerprint density at radius 2 is 2.00 bits per heavy atom. The first-order valence-electron chi connectivity index (χ1n) is 5.47. The SMILES string of the molecule is CC(CCO)NS(=O)(=O)c1cccc(C(F)(F)F)c1. The quantitative estimate of drug-likeness (QED) is 0.870. The van der Waals surface area contributed by atoms with Gasteiger partial charge in [0.2, 0.25) is 10.0 Å². The van der Waals surface area contributed by atoms with Gasteiger partial charge in [0, 0.05) is 12.6 Å². The summed E-state index contributed by atoms with van der Waals surface area (Å²) in [4.78, 5) is -0.452. The second-order valence-electron chi connectivity index (χ2n) is 4.06. The van der Waals surface area contributed by atoms with Gasteiger partial charge >= 0.3 is 6.18 Å². The lowest BCUT2D eigenvalue weighted by atomic mass is 10.2. The van der Waals surface area contributed by atoms with E-state index < -0.39 is 32.7 Å². The van der Waals surface area contributed by atoms with Crippen LogP contribution in [0.4, 0.5) is 13.2 Å². The van der Waals surface area contributed by atoms with Crippen LogP contribution in [0.1, 0.15) is 18.9 Å². The molecule has 0 spiro atoms. The summed E-state index contributed by atoms with van der Waals surface area (Å²) in [6.07, 6.45) is -4.42. The molecule has 1 atom stereocenters. The highest BCUT2D eigenvalue weighted by Gasteiger charge is 2.31. The fraction of sp³-hybridized carbons (Fsp3) is 0.455. The molecule has 1 aromatic carbocycles. The van der Waals surface area contributed by atoms with E-state index in [0.717, 1.165) is 18.2 Å². The summed E-state index contributed by atoms with van der Waals surface area (Å²) in [5, 5.41) is 8.67. The number of halogens is 3. The molecule has 0 radical (unpaired) electrons. The van der Waals surface area contributed by atoms with Gasteiger partial charge in [0.05, 0.1) is 10.5 Å². The summed E-state index contributed by atoms with van der Waals surface area (Å²) in [5.74, 6) is 0. The maximum absolute atomic E-state index is 12.5. The second kappa shape index (κ2) is 5.89. The predicted molar refractivity (Wildman–Crippen MR) is 62.9 cm³/mol. The molecular weight excluding hydrogens is 283 g/mol. The van der Waals surface area contributed by atoms with E-state index in [1.54, 1.807) is 0 Å². The van der Waals surface area contributed by atoms with Crippen LogP contribution in [0, 0.1) is 0 Å². The van der Waals surface area contributed by atoms with Crippen molar-refractivity contribution in [2.75, 3.05) is 6.61 Å². The van der Waals surface area contributed by atoms with E-state index in [0.29, 0.717) is 6.07 Å². The number of aliphatic hydroxyl groups excluding tert-OH is 1. The molecule has 2 N–H and O–H groups in total. The minimum Gasteiger partial charge on any atom is -0.396 e. The first-order chi connectivity index (χ1) is 8.66. The van der Waals surface area contributed by atoms with Crippen LogP contribution < -0.4 is 4.72 Å². The van der Waals surface area contributed by atoms with Crippen LogP contribution in [-0.4, -0.2) is 26.2 Å². The molecule has 0 fully saturated rings. The van der Waals surface area contributed by atoms with E-state index in [4.69, 9.17) is 5.11 Å². The number of alkyl halides is 3. The largest absolute Gasteiger partial charge is 0.416 e. The van der Waals surface area contributed by atoms with Gasteiger partial charge in [0.15, 0.2) is 0 Å². The maximum Gasteiger partial charge on any atom is 0.416 e. The van der Waals surface area contributed by atoms with Gasteiger partial charge in [-0.1, -0.05) is 6.07 Å². The minimum atomic E-state index is -4.59. The van der Waals surface area contributed by atoms with Crippen LogP contribution in [-0.2, 0) is 16.2 Å². The highest BCUT2D eigenvalue weighted by atomic mass is 32.2. The van der Waals surface area contributed by atoms with Crippen molar-refractivity contribution in [3.63, 3.8) is 0 Å². The molecule has 8 heteroatoms. The lowest BCUT2D eigenvalue weighted by Crippen LogP contribution is -2.33. The Hall–Kier alpha value is -1.12. The van der Waals surface area contributed by atoms with Crippen LogP contribution >= 0.6 is 0 Å². The number of sulfonamides is 1. The molecule has 0 bridgehead atoms. The molecule has 4 nitrogen and oxygen atoms in total. The van der Waals surface area contributed by atoms with Crippen molar-refractivity contribution in [2.24, 2.45) is 0 Å². The summed E-state index contributed by atoms with van der Waals surface area (Å²) < 4.78 is 63.3. The molecule has 0 saturated carbocycles. The fourth-order valence-electron chi connectivity index (χ4n) is 1.43. The van der Waals surface area contributed by atoms with Gasteiger partial charge < -0.3 is 5.11 Å². The molecule has 0 saturated heterocycles. The Morgan fingerprint density at radius 3 is 2.53 bits per heavy atom. The fourth-order valence-corrected chi connectivity index (χ4v) is 2.75. The molecule has 0 aliphatic rings. The van der Waals surface area contributed by atoms with Gasteiger partial charge in [-0.05, 0) is 31.5 Å². The van der Waals surface area contributed by atoms with Gasteiger partial charge in [-0.3, -0.25) is 0 Å². The van der Waals surface area contributed by atoms with E-state index in [1.807, 2.05) is 0 Å². The maximum atomic E-state index is 12.5. The zero-order valence-corrected chi connectivity index (χ0v) is 10.9. The smallest absolute Gasteiger partial charge is 0.396 e. The third-order valence-corrected chi connectivity index (χ3v) is 3.98. The van der Waals surface area contributed by atoms with Crippen LogP contribution in [0.3, 0.4) is 0 Å². The van der Waals surface area contributed by atoms with Crippen molar-refractivity contribution in [1.82, 2.24) is 4.72 Å². The van der Waals surface area contributed by atoms with Crippen molar-refractivity contribution >= 4 is 10.0 Å². The van der Waals surface area contributed by atoms with Gasteiger partial charge in [0.1, 0.15) is 0 Å². The standard InChI is InChI=1S/C11H14F3NO3S/c1-8(5-6-16)15-19(17,18)10-4-2-3-9(7-10)11(12,13)14/h2-4,7-8,15-16H,5-6H2,1H3. The zero-order chi connectivity index (χ0) is 14.7. The molecule has 1 aromatic rings. The lowest BCUT2D eigenvalue weighted by Gasteiger charge is -2.14. The second-order valence-corrected chi connectivity index (χ2v) is 5.77. The van der Waals surface area contributed by atoms with E-state index in [2.05, 4.69) is 4.72 Å². The topological polar surface area (TPSA) is 66.4 Å². The number of rotatable bonds is 5. The van der Waals surface area contributed by atoms with Crippen LogP contribution in [0.5, 0.6) is 0 Å². The van der Waals surface area contributed by atoms with Crippen molar-refractivity contribution in [1.29, 1.82) is 0 Å². The highest BCUT2D eigenvalue weighted by Crippen LogP contribution is 2.30. The summed E-state index contributed by atoms with van der Waals surface area (Å²) >= 11 is 0. The summed E-state index contributed by atoms with van der Waals surface area (Å²) in [5.41, 5.74) is -1.02. The molecule has 19 heavy (non-hydrogen) atoms. The Labute approximate surface area is 109 Å². The monoisotopic (exact) mass is 297 g/mol. The average molecular weight is 297 g/mol. The number of hydrogen-bond donors (Lipinski definition) is 2. The van der Waals surface area contributed by atoms with Crippen LogP contribution in [0.2, 0.25) is 0 Å². The minimum absolute atomic E-state index is 0.179. The molecule has 1 rings (SSSR count). The summed E-state index contributed by atoms with van der Waals surface area (Å²) in [7, 11) is -4.03. The van der Waals surface area contributed by atoms with Crippen LogP contribution in [0.15, 0.2) is 29.2 Å². The lowest BCUT2D eigenvalue weighted by molar-refractivity contribution is -0.137. The van der Waals surface area contributed by atoms with Crippen molar-refractivity contribution in [3.05, 3.63) is 29.8 Å². The Balaban J connectivity index is 3.02. The van der Waals surface area contributed by atoms with E-state index in [1.165, 1.54) is 6.92 Å². The van der Waals surface area contributed by atoms with E-state index in [-0.39, 0.29) is 13.0 Å². The highest BCUT2D eigenvalue weighted by molar-refractivity contribution is 7.89. The van der Waals surface area contributed by atoms with Crippen molar-refractivity contribution in [3.8, 4) is 0 Å². The molecule has 0 amide bonds. The molecule has 0 heterocycles. The molecule has 0 aliphatic heterocycles. The molecule has 0 aromatic heterocycles. The van der Waals surface area contributed by atoms with E-state index >= 15 is 0 Å². The van der Waals surface area contributed by atoms with Crippen molar-refractivity contribution in [2.45, 2.75) is 30.5 Å². The Kier molecular flexibility index (Phi) is 4.94.